The Morgan fingerprint density at radius 3 is 2.39 bits per heavy atom. The molecule has 33 heavy (non-hydrogen) atoms. The van der Waals surface area contributed by atoms with E-state index >= 15 is 0 Å². The van der Waals surface area contributed by atoms with Crippen LogP contribution in [-0.4, -0.2) is 46.2 Å². The molecule has 0 radical (unpaired) electrons. The molecule has 0 aromatic heterocycles. The number of hydrogen-bond acceptors (Lipinski definition) is 7. The molecular weight excluding hydrogens is 498 g/mol. The second-order valence-electron chi connectivity index (χ2n) is 7.75. The van der Waals surface area contributed by atoms with E-state index in [0.29, 0.717) is 10.6 Å². The number of carbonyl (C=O) groups excluding carboxylic acids is 4. The molecule has 172 valence electrons. The van der Waals surface area contributed by atoms with Gasteiger partial charge in [-0.25, -0.2) is 4.79 Å². The molecule has 1 aliphatic heterocycles. The van der Waals surface area contributed by atoms with E-state index in [0.717, 1.165) is 10.5 Å². The highest BCUT2D eigenvalue weighted by Gasteiger charge is 2.47. The highest BCUT2D eigenvalue weighted by molar-refractivity contribution is 9.10. The zero-order valence-corrected chi connectivity index (χ0v) is 19.3. The van der Waals surface area contributed by atoms with E-state index in [9.17, 15) is 29.3 Å². The van der Waals surface area contributed by atoms with Gasteiger partial charge in [0.25, 0.3) is 23.4 Å². The number of halogens is 1. The molecule has 11 heteroatoms. The number of nitrogens with one attached hydrogen (secondary N) is 1. The van der Waals surface area contributed by atoms with Gasteiger partial charge in [-0.3, -0.25) is 29.4 Å². The number of nitro benzene ring substituents is 1. The number of carbonyl (C=O) groups is 4. The number of nitrogens with zero attached hydrogens (tertiary/aromatic N) is 2. The van der Waals surface area contributed by atoms with Gasteiger partial charge in [-0.1, -0.05) is 35.8 Å². The largest absolute Gasteiger partial charge is 0.454 e. The summed E-state index contributed by atoms with van der Waals surface area (Å²) in [5.41, 5.74) is -0.532. The monoisotopic (exact) mass is 517 g/mol. The van der Waals surface area contributed by atoms with E-state index in [-0.39, 0.29) is 23.5 Å². The van der Waals surface area contributed by atoms with Crippen molar-refractivity contribution in [2.24, 2.45) is 5.92 Å². The van der Waals surface area contributed by atoms with Gasteiger partial charge in [0, 0.05) is 16.2 Å². The van der Waals surface area contributed by atoms with Crippen LogP contribution in [0.1, 0.15) is 41.0 Å². The molecule has 0 bridgehead atoms. The fraction of sp³-hybridized carbons (Fsp3) is 0.273. The van der Waals surface area contributed by atoms with Crippen molar-refractivity contribution in [1.82, 2.24) is 4.90 Å². The normalized spacial score (nSPS) is 13.6. The number of amides is 3. The number of esters is 1. The number of ether oxygens (including phenoxy) is 1. The van der Waals surface area contributed by atoms with E-state index in [2.05, 4.69) is 21.2 Å². The lowest BCUT2D eigenvalue weighted by Gasteiger charge is -2.25. The van der Waals surface area contributed by atoms with E-state index in [1.165, 1.54) is 12.1 Å². The van der Waals surface area contributed by atoms with Gasteiger partial charge in [-0.15, -0.1) is 0 Å². The predicted octanol–water partition coefficient (Wildman–Crippen LogP) is 3.55. The van der Waals surface area contributed by atoms with Gasteiger partial charge in [-0.05, 0) is 42.7 Å². The van der Waals surface area contributed by atoms with Crippen LogP contribution in [0.2, 0.25) is 0 Å². The van der Waals surface area contributed by atoms with E-state index < -0.39 is 47.0 Å². The molecule has 1 heterocycles. The van der Waals surface area contributed by atoms with Gasteiger partial charge >= 0.3 is 5.97 Å². The summed E-state index contributed by atoms with van der Waals surface area (Å²) in [4.78, 5) is 62.2. The zero-order valence-electron chi connectivity index (χ0n) is 17.7. The molecule has 0 unspecified atom stereocenters. The molecule has 2 aromatic rings. The first kappa shape index (κ1) is 24.1. The van der Waals surface area contributed by atoms with Crippen LogP contribution < -0.4 is 5.32 Å². The highest BCUT2D eigenvalue weighted by atomic mass is 79.9. The molecule has 1 atom stereocenters. The minimum atomic E-state index is -1.34. The van der Waals surface area contributed by atoms with Crippen molar-refractivity contribution in [2.45, 2.75) is 26.3 Å². The van der Waals surface area contributed by atoms with E-state index in [1.807, 2.05) is 0 Å². The standard InChI is InChI=1S/C22H20BrN3O7/c1-12(2)10-17(22(30)33-11-18(27)24-14-8-6-13(23)7-9-14)25-20(28)15-4-3-5-16(26(31)32)19(15)21(25)29/h3-9,12,17H,10-11H2,1-2H3,(H,24,27)/t17-/m1/s1. The third-order valence-electron chi connectivity index (χ3n) is 4.87. The molecule has 1 N–H and O–H groups in total. The summed E-state index contributed by atoms with van der Waals surface area (Å²) >= 11 is 3.28. The lowest BCUT2D eigenvalue weighted by molar-refractivity contribution is -0.385. The summed E-state index contributed by atoms with van der Waals surface area (Å²) < 4.78 is 5.93. The van der Waals surface area contributed by atoms with Crippen molar-refractivity contribution in [2.75, 3.05) is 11.9 Å². The van der Waals surface area contributed by atoms with Crippen molar-refractivity contribution >= 4 is 51.0 Å². The maximum atomic E-state index is 13.0. The van der Waals surface area contributed by atoms with Crippen LogP contribution in [-0.2, 0) is 14.3 Å². The maximum absolute atomic E-state index is 13.0. The Labute approximate surface area is 197 Å². The second kappa shape index (κ2) is 9.90. The highest BCUT2D eigenvalue weighted by Crippen LogP contribution is 2.33. The van der Waals surface area contributed by atoms with E-state index in [4.69, 9.17) is 4.74 Å². The second-order valence-corrected chi connectivity index (χ2v) is 8.66. The topological polar surface area (TPSA) is 136 Å². The first-order chi connectivity index (χ1) is 15.6. The minimum absolute atomic E-state index is 0.0619. The average molecular weight is 518 g/mol. The van der Waals surface area contributed by atoms with Gasteiger partial charge < -0.3 is 10.1 Å². The number of benzene rings is 2. The number of fused-ring (bicyclic) bond motifs is 1. The van der Waals surface area contributed by atoms with Crippen molar-refractivity contribution in [3.8, 4) is 0 Å². The molecule has 3 rings (SSSR count). The zero-order chi connectivity index (χ0) is 24.3. The van der Waals surface area contributed by atoms with Crippen molar-refractivity contribution in [1.29, 1.82) is 0 Å². The average Bonchev–Trinajstić information content (AvgIpc) is 3.02. The summed E-state index contributed by atoms with van der Waals surface area (Å²) in [6, 6.07) is 9.13. The van der Waals surface area contributed by atoms with Crippen LogP contribution >= 0.6 is 15.9 Å². The first-order valence-electron chi connectivity index (χ1n) is 9.97. The summed E-state index contributed by atoms with van der Waals surface area (Å²) in [6.45, 7) is 2.93. The molecule has 0 spiro atoms. The van der Waals surface area contributed by atoms with Crippen molar-refractivity contribution < 1.29 is 28.8 Å². The molecule has 0 aliphatic carbocycles. The number of nitro groups is 1. The summed E-state index contributed by atoms with van der Waals surface area (Å²) in [6.07, 6.45) is 0.0619. The molecule has 0 saturated carbocycles. The van der Waals surface area contributed by atoms with Gasteiger partial charge in [0.15, 0.2) is 6.61 Å². The Hall–Kier alpha value is -3.60. The van der Waals surface area contributed by atoms with Gasteiger partial charge in [0.1, 0.15) is 11.6 Å². The Kier molecular flexibility index (Phi) is 7.22. The van der Waals surface area contributed by atoms with Crippen LogP contribution in [0.5, 0.6) is 0 Å². The lowest BCUT2D eigenvalue weighted by atomic mass is 10.0. The Balaban J connectivity index is 1.77. The minimum Gasteiger partial charge on any atom is -0.454 e. The van der Waals surface area contributed by atoms with Crippen molar-refractivity contribution in [3.63, 3.8) is 0 Å². The van der Waals surface area contributed by atoms with Crippen LogP contribution in [0.15, 0.2) is 46.9 Å². The van der Waals surface area contributed by atoms with Gasteiger partial charge in [0.2, 0.25) is 0 Å². The van der Waals surface area contributed by atoms with Crippen molar-refractivity contribution in [3.05, 3.63) is 68.2 Å². The van der Waals surface area contributed by atoms with E-state index in [1.54, 1.807) is 38.1 Å². The lowest BCUT2D eigenvalue weighted by Crippen LogP contribution is -2.47. The smallest absolute Gasteiger partial charge is 0.329 e. The quantitative estimate of drug-likeness (QED) is 0.244. The first-order valence-corrected chi connectivity index (χ1v) is 10.8. The third-order valence-corrected chi connectivity index (χ3v) is 5.40. The number of imide groups is 1. The molecule has 2 aromatic carbocycles. The Bertz CT molecular complexity index is 1130. The number of hydrogen-bond donors (Lipinski definition) is 1. The molecule has 1 aliphatic rings. The van der Waals surface area contributed by atoms with Gasteiger partial charge in [-0.2, -0.15) is 0 Å². The molecule has 3 amide bonds. The number of rotatable bonds is 8. The fourth-order valence-corrected chi connectivity index (χ4v) is 3.70. The third kappa shape index (κ3) is 5.25. The Morgan fingerprint density at radius 2 is 1.79 bits per heavy atom. The summed E-state index contributed by atoms with van der Waals surface area (Å²) in [7, 11) is 0. The van der Waals surface area contributed by atoms with Crippen LogP contribution in [0, 0.1) is 16.0 Å². The SMILES string of the molecule is CC(C)C[C@H](C(=O)OCC(=O)Nc1ccc(Br)cc1)N1C(=O)c2cccc([N+](=O)[O-])c2C1=O. The van der Waals surface area contributed by atoms with Crippen LogP contribution in [0.4, 0.5) is 11.4 Å². The number of anilines is 1. The predicted molar refractivity (Wildman–Crippen MR) is 121 cm³/mol. The molecule has 0 fully saturated rings. The molecule has 0 saturated heterocycles. The fourth-order valence-electron chi connectivity index (χ4n) is 3.44. The van der Waals surface area contributed by atoms with Crippen LogP contribution in [0.25, 0.3) is 0 Å². The Morgan fingerprint density at radius 1 is 1.12 bits per heavy atom. The summed E-state index contributed by atoms with van der Waals surface area (Å²) in [5.74, 6) is -3.44. The summed E-state index contributed by atoms with van der Waals surface area (Å²) in [5, 5.41) is 13.9. The molecular formula is C22H20BrN3O7. The van der Waals surface area contributed by atoms with Gasteiger partial charge in [0.05, 0.1) is 10.5 Å². The molecule has 10 nitrogen and oxygen atoms in total. The van der Waals surface area contributed by atoms with Crippen LogP contribution in [0.3, 0.4) is 0 Å². The maximum Gasteiger partial charge on any atom is 0.329 e.